The number of carbonyl (C=O) groups excluding carboxylic acids is 1. The number of likely N-dealkylation sites (N-methyl/N-ethyl adjacent to an activating group) is 1. The van der Waals surface area contributed by atoms with Gasteiger partial charge in [0.1, 0.15) is 0 Å². The summed E-state index contributed by atoms with van der Waals surface area (Å²) in [6.45, 7) is 5.92. The van der Waals surface area contributed by atoms with Crippen LogP contribution in [0, 0.1) is 0 Å². The van der Waals surface area contributed by atoms with Crippen LogP contribution < -0.4 is 4.90 Å². The van der Waals surface area contributed by atoms with Gasteiger partial charge in [-0.3, -0.25) is 4.90 Å². The number of benzene rings is 2. The Kier molecular flexibility index (Phi) is 4.81. The van der Waals surface area contributed by atoms with Crippen molar-refractivity contribution in [2.45, 2.75) is 26.2 Å². The molecule has 0 radical (unpaired) electrons. The number of halogens is 1. The monoisotopic (exact) mass is 342 g/mol. The van der Waals surface area contributed by atoms with E-state index in [2.05, 4.69) is 32.0 Å². The molecule has 1 atom stereocenters. The van der Waals surface area contributed by atoms with Crippen LogP contribution in [-0.4, -0.2) is 31.1 Å². The van der Waals surface area contributed by atoms with Crippen molar-refractivity contribution in [2.24, 2.45) is 0 Å². The fourth-order valence-corrected chi connectivity index (χ4v) is 3.33. The Morgan fingerprint density at radius 2 is 1.96 bits per heavy atom. The van der Waals surface area contributed by atoms with E-state index in [1.807, 2.05) is 36.2 Å². The maximum absolute atomic E-state index is 12.3. The summed E-state index contributed by atoms with van der Waals surface area (Å²) in [6.07, 6.45) is 1.07. The molecule has 2 aromatic carbocycles. The quantitative estimate of drug-likeness (QED) is 0.730. The molecule has 0 bridgehead atoms. The highest BCUT2D eigenvalue weighted by Gasteiger charge is 2.26. The van der Waals surface area contributed by atoms with Gasteiger partial charge in [0.15, 0.2) is 0 Å². The maximum Gasteiger partial charge on any atom is 0.324 e. The predicted molar refractivity (Wildman–Crippen MR) is 101 cm³/mol. The summed E-state index contributed by atoms with van der Waals surface area (Å²) < 4.78 is 0. The highest BCUT2D eigenvalue weighted by Crippen LogP contribution is 2.35. The standard InChI is InChI=1S/C20H23ClN2O/c1-4-14(2)18-9-8-16(21)13-19(18)15-6-5-7-17(12-15)23-11-10-22(3)20(23)24/h5-9,12-14H,4,10-11H2,1-3H3. The summed E-state index contributed by atoms with van der Waals surface area (Å²) in [5.41, 5.74) is 4.49. The van der Waals surface area contributed by atoms with Crippen LogP contribution >= 0.6 is 11.6 Å². The smallest absolute Gasteiger partial charge is 0.324 e. The van der Waals surface area contributed by atoms with Gasteiger partial charge in [0.2, 0.25) is 0 Å². The minimum Gasteiger partial charge on any atom is -0.326 e. The molecule has 24 heavy (non-hydrogen) atoms. The van der Waals surface area contributed by atoms with Gasteiger partial charge in [-0.1, -0.05) is 43.6 Å². The molecule has 4 heteroatoms. The Morgan fingerprint density at radius 3 is 2.62 bits per heavy atom. The Morgan fingerprint density at radius 1 is 1.17 bits per heavy atom. The van der Waals surface area contributed by atoms with E-state index >= 15 is 0 Å². The molecule has 1 aliphatic heterocycles. The number of nitrogens with zero attached hydrogens (tertiary/aromatic N) is 2. The molecule has 0 aromatic heterocycles. The lowest BCUT2D eigenvalue weighted by molar-refractivity contribution is 0.229. The number of rotatable bonds is 4. The van der Waals surface area contributed by atoms with E-state index in [4.69, 9.17) is 11.6 Å². The van der Waals surface area contributed by atoms with Crippen LogP contribution in [0.1, 0.15) is 31.7 Å². The molecule has 126 valence electrons. The molecule has 0 saturated carbocycles. The number of carbonyl (C=O) groups is 1. The van der Waals surface area contributed by atoms with Gasteiger partial charge in [0, 0.05) is 30.8 Å². The van der Waals surface area contributed by atoms with Gasteiger partial charge in [-0.05, 0) is 53.3 Å². The SMILES string of the molecule is CCC(C)c1ccc(Cl)cc1-c1cccc(N2CCN(C)C2=O)c1. The Labute approximate surface area is 148 Å². The minimum absolute atomic E-state index is 0.0559. The number of amides is 2. The van der Waals surface area contributed by atoms with E-state index in [9.17, 15) is 4.79 Å². The number of anilines is 1. The van der Waals surface area contributed by atoms with E-state index in [1.165, 1.54) is 5.56 Å². The zero-order valence-corrected chi connectivity index (χ0v) is 15.2. The number of urea groups is 1. The lowest BCUT2D eigenvalue weighted by Crippen LogP contribution is -2.29. The van der Waals surface area contributed by atoms with Crippen molar-refractivity contribution in [1.29, 1.82) is 0 Å². The second kappa shape index (κ2) is 6.86. The number of hydrogen-bond acceptors (Lipinski definition) is 1. The number of hydrogen-bond donors (Lipinski definition) is 0. The molecule has 2 aromatic rings. The normalized spacial score (nSPS) is 15.9. The minimum atomic E-state index is 0.0559. The average Bonchev–Trinajstić information content (AvgIpc) is 2.93. The van der Waals surface area contributed by atoms with Crippen molar-refractivity contribution in [3.8, 4) is 11.1 Å². The third-order valence-corrected chi connectivity index (χ3v) is 5.08. The molecule has 0 N–H and O–H groups in total. The first-order valence-corrected chi connectivity index (χ1v) is 8.81. The van der Waals surface area contributed by atoms with Gasteiger partial charge in [-0.25, -0.2) is 4.79 Å². The average molecular weight is 343 g/mol. The molecule has 3 rings (SSSR count). The van der Waals surface area contributed by atoms with E-state index in [1.54, 1.807) is 4.90 Å². The van der Waals surface area contributed by atoms with Crippen LogP contribution in [0.4, 0.5) is 10.5 Å². The molecule has 1 aliphatic rings. The summed E-state index contributed by atoms with van der Waals surface area (Å²) in [5.74, 6) is 0.459. The third kappa shape index (κ3) is 3.13. The van der Waals surface area contributed by atoms with Gasteiger partial charge in [0.05, 0.1) is 0 Å². The molecule has 1 fully saturated rings. The van der Waals surface area contributed by atoms with E-state index in [0.29, 0.717) is 5.92 Å². The summed E-state index contributed by atoms with van der Waals surface area (Å²) in [4.78, 5) is 15.8. The van der Waals surface area contributed by atoms with Crippen molar-refractivity contribution in [3.63, 3.8) is 0 Å². The maximum atomic E-state index is 12.3. The zero-order chi connectivity index (χ0) is 17.3. The fourth-order valence-electron chi connectivity index (χ4n) is 3.16. The van der Waals surface area contributed by atoms with Crippen LogP contribution in [0.25, 0.3) is 11.1 Å². The largest absolute Gasteiger partial charge is 0.326 e. The van der Waals surface area contributed by atoms with Crippen molar-refractivity contribution in [1.82, 2.24) is 4.90 Å². The lowest BCUT2D eigenvalue weighted by atomic mass is 9.90. The topological polar surface area (TPSA) is 23.6 Å². The van der Waals surface area contributed by atoms with E-state index in [0.717, 1.165) is 41.3 Å². The fraction of sp³-hybridized carbons (Fsp3) is 0.350. The zero-order valence-electron chi connectivity index (χ0n) is 14.4. The summed E-state index contributed by atoms with van der Waals surface area (Å²) in [6, 6.07) is 14.3. The predicted octanol–water partition coefficient (Wildman–Crippen LogP) is 5.39. The van der Waals surface area contributed by atoms with Gasteiger partial charge >= 0.3 is 6.03 Å². The van der Waals surface area contributed by atoms with Crippen molar-refractivity contribution in [2.75, 3.05) is 25.0 Å². The molecular weight excluding hydrogens is 320 g/mol. The summed E-state index contributed by atoms with van der Waals surface area (Å²) in [7, 11) is 1.84. The van der Waals surface area contributed by atoms with Gasteiger partial charge in [-0.2, -0.15) is 0 Å². The van der Waals surface area contributed by atoms with Gasteiger partial charge in [-0.15, -0.1) is 0 Å². The second-order valence-corrected chi connectivity index (χ2v) is 6.88. The molecule has 1 saturated heterocycles. The first-order chi connectivity index (χ1) is 11.5. The first-order valence-electron chi connectivity index (χ1n) is 8.43. The van der Waals surface area contributed by atoms with Crippen LogP contribution in [0.3, 0.4) is 0 Å². The lowest BCUT2D eigenvalue weighted by Gasteiger charge is -2.19. The molecule has 0 aliphatic carbocycles. The van der Waals surface area contributed by atoms with Crippen LogP contribution in [0.5, 0.6) is 0 Å². The van der Waals surface area contributed by atoms with Crippen LogP contribution in [0.2, 0.25) is 5.02 Å². The molecule has 1 heterocycles. The Bertz CT molecular complexity index is 759. The van der Waals surface area contributed by atoms with Gasteiger partial charge in [0.25, 0.3) is 0 Å². The molecular formula is C20H23ClN2O. The Hall–Kier alpha value is -2.00. The highest BCUT2D eigenvalue weighted by molar-refractivity contribution is 6.30. The van der Waals surface area contributed by atoms with Gasteiger partial charge < -0.3 is 4.90 Å². The van der Waals surface area contributed by atoms with Crippen molar-refractivity contribution in [3.05, 3.63) is 53.1 Å². The van der Waals surface area contributed by atoms with E-state index < -0.39 is 0 Å². The molecule has 3 nitrogen and oxygen atoms in total. The molecule has 2 amide bonds. The summed E-state index contributed by atoms with van der Waals surface area (Å²) >= 11 is 6.25. The first kappa shape index (κ1) is 16.8. The highest BCUT2D eigenvalue weighted by atomic mass is 35.5. The van der Waals surface area contributed by atoms with Crippen LogP contribution in [0.15, 0.2) is 42.5 Å². The second-order valence-electron chi connectivity index (χ2n) is 6.45. The molecule has 0 spiro atoms. The third-order valence-electron chi connectivity index (χ3n) is 4.84. The van der Waals surface area contributed by atoms with E-state index in [-0.39, 0.29) is 6.03 Å². The Balaban J connectivity index is 2.04. The summed E-state index contributed by atoms with van der Waals surface area (Å²) in [5, 5.41) is 0.736. The molecule has 1 unspecified atom stereocenters. The van der Waals surface area contributed by atoms with Crippen molar-refractivity contribution >= 4 is 23.3 Å². The van der Waals surface area contributed by atoms with Crippen LogP contribution in [-0.2, 0) is 0 Å². The van der Waals surface area contributed by atoms with Crippen molar-refractivity contribution < 1.29 is 4.79 Å².